The van der Waals surface area contributed by atoms with Gasteiger partial charge in [-0.3, -0.25) is 9.48 Å². The highest BCUT2D eigenvalue weighted by Gasteiger charge is 2.20. The molecule has 0 aliphatic heterocycles. The van der Waals surface area contributed by atoms with E-state index in [0.717, 1.165) is 11.1 Å². The fourth-order valence-electron chi connectivity index (χ4n) is 2.80. The molecule has 0 fully saturated rings. The van der Waals surface area contributed by atoms with Crippen molar-refractivity contribution in [2.75, 3.05) is 11.9 Å². The Morgan fingerprint density at radius 1 is 1.23 bits per heavy atom. The van der Waals surface area contributed by atoms with Gasteiger partial charge in [-0.25, -0.2) is 9.48 Å². The molecule has 0 saturated carbocycles. The molecule has 0 unspecified atom stereocenters. The number of amides is 1. The second-order valence-electron chi connectivity index (χ2n) is 6.59. The number of benzene rings is 1. The third kappa shape index (κ3) is 4.62. The Kier molecular flexibility index (Phi) is 6.41. The summed E-state index contributed by atoms with van der Waals surface area (Å²) < 4.78 is 13.6. The molecule has 2 aromatic heterocycles. The molecule has 0 atom stereocenters. The van der Waals surface area contributed by atoms with Crippen molar-refractivity contribution in [1.29, 1.82) is 0 Å². The van der Waals surface area contributed by atoms with Crippen molar-refractivity contribution in [3.8, 4) is 5.75 Å². The first-order valence-corrected chi connectivity index (χ1v) is 9.61. The lowest BCUT2D eigenvalue weighted by atomic mass is 10.1. The molecule has 3 aromatic rings. The van der Waals surface area contributed by atoms with Crippen LogP contribution in [0.2, 0.25) is 5.02 Å². The number of aromatic nitrogens is 4. The topological polar surface area (TPSA) is 100 Å². The van der Waals surface area contributed by atoms with Crippen LogP contribution in [0.25, 0.3) is 0 Å². The largest absolute Gasteiger partial charge is 0.471 e. The van der Waals surface area contributed by atoms with Crippen LogP contribution in [-0.4, -0.2) is 38.0 Å². The van der Waals surface area contributed by atoms with Gasteiger partial charge < -0.3 is 14.8 Å². The van der Waals surface area contributed by atoms with Crippen molar-refractivity contribution in [2.24, 2.45) is 7.05 Å². The summed E-state index contributed by atoms with van der Waals surface area (Å²) in [5, 5.41) is 11.6. The van der Waals surface area contributed by atoms with Crippen LogP contribution in [-0.2, 0) is 18.5 Å². The van der Waals surface area contributed by atoms with E-state index in [4.69, 9.17) is 21.1 Å². The maximum atomic E-state index is 12.6. The van der Waals surface area contributed by atoms with Gasteiger partial charge in [-0.15, -0.1) is 0 Å². The van der Waals surface area contributed by atoms with Crippen molar-refractivity contribution >= 4 is 29.3 Å². The van der Waals surface area contributed by atoms with Crippen molar-refractivity contribution in [3.63, 3.8) is 0 Å². The molecule has 158 valence electrons. The fourth-order valence-corrected chi connectivity index (χ4v) is 2.91. The van der Waals surface area contributed by atoms with Crippen molar-refractivity contribution in [1.82, 2.24) is 19.6 Å². The van der Waals surface area contributed by atoms with Crippen LogP contribution < -0.4 is 10.1 Å². The number of nitrogens with zero attached hydrogens (tertiary/aromatic N) is 4. The van der Waals surface area contributed by atoms with Gasteiger partial charge in [-0.05, 0) is 50.1 Å². The Morgan fingerprint density at radius 3 is 2.60 bits per heavy atom. The quantitative estimate of drug-likeness (QED) is 0.576. The molecule has 0 saturated heterocycles. The number of carbonyl (C=O) groups excluding carboxylic acids is 2. The van der Waals surface area contributed by atoms with Gasteiger partial charge >= 0.3 is 5.97 Å². The zero-order valence-electron chi connectivity index (χ0n) is 17.1. The van der Waals surface area contributed by atoms with E-state index in [1.165, 1.54) is 15.6 Å². The van der Waals surface area contributed by atoms with Gasteiger partial charge in [0.1, 0.15) is 17.1 Å². The van der Waals surface area contributed by atoms with Crippen LogP contribution >= 0.6 is 11.6 Å². The van der Waals surface area contributed by atoms with Crippen molar-refractivity contribution < 1.29 is 19.1 Å². The molecule has 9 nitrogen and oxygen atoms in total. The highest BCUT2D eigenvalue weighted by atomic mass is 35.5. The van der Waals surface area contributed by atoms with E-state index in [1.54, 1.807) is 26.2 Å². The summed E-state index contributed by atoms with van der Waals surface area (Å²) in [6, 6.07) is 5.23. The smallest absolute Gasteiger partial charge is 0.343 e. The number of hydrogen-bond donors (Lipinski definition) is 1. The number of nitrogens with one attached hydrogen (secondary N) is 1. The van der Waals surface area contributed by atoms with Crippen molar-refractivity contribution in [2.45, 2.75) is 27.5 Å². The first kappa shape index (κ1) is 21.4. The van der Waals surface area contributed by atoms with Gasteiger partial charge in [-0.1, -0.05) is 11.6 Å². The molecule has 0 spiro atoms. The van der Waals surface area contributed by atoms with Gasteiger partial charge in [0.05, 0.1) is 12.8 Å². The number of ether oxygens (including phenoxy) is 2. The fraction of sp³-hybridized carbons (Fsp3) is 0.300. The summed E-state index contributed by atoms with van der Waals surface area (Å²) in [6.07, 6.45) is 2.97. The first-order chi connectivity index (χ1) is 14.3. The van der Waals surface area contributed by atoms with Gasteiger partial charge in [0, 0.05) is 18.3 Å². The van der Waals surface area contributed by atoms with Gasteiger partial charge in [-0.2, -0.15) is 10.2 Å². The number of hydrogen-bond acceptors (Lipinski definition) is 6. The zero-order valence-corrected chi connectivity index (χ0v) is 17.9. The number of esters is 1. The second-order valence-corrected chi connectivity index (χ2v) is 6.97. The number of anilines is 1. The van der Waals surface area contributed by atoms with Crippen LogP contribution in [0.3, 0.4) is 0 Å². The monoisotopic (exact) mass is 431 g/mol. The average molecular weight is 432 g/mol. The Bertz CT molecular complexity index is 1070. The molecule has 10 heteroatoms. The lowest BCUT2D eigenvalue weighted by Crippen LogP contribution is -2.18. The molecule has 1 N–H and O–H groups in total. The second kappa shape index (κ2) is 9.00. The Labute approximate surface area is 178 Å². The number of carbonyl (C=O) groups is 2. The lowest BCUT2D eigenvalue weighted by Gasteiger charge is -2.10. The summed E-state index contributed by atoms with van der Waals surface area (Å²) >= 11 is 6.17. The van der Waals surface area contributed by atoms with E-state index in [0.29, 0.717) is 10.8 Å². The van der Waals surface area contributed by atoms with Crippen LogP contribution in [0, 0.1) is 13.8 Å². The van der Waals surface area contributed by atoms with Crippen LogP contribution in [0.15, 0.2) is 30.6 Å². The van der Waals surface area contributed by atoms with Crippen LogP contribution in [0.1, 0.15) is 38.9 Å². The maximum Gasteiger partial charge on any atom is 0.343 e. The predicted octanol–water partition coefficient (Wildman–Crippen LogP) is 3.35. The van der Waals surface area contributed by atoms with Gasteiger partial charge in [0.25, 0.3) is 5.91 Å². The van der Waals surface area contributed by atoms with E-state index >= 15 is 0 Å². The molecule has 3 rings (SSSR count). The van der Waals surface area contributed by atoms with Crippen LogP contribution in [0.5, 0.6) is 5.75 Å². The molecule has 0 aliphatic rings. The summed E-state index contributed by atoms with van der Waals surface area (Å²) in [5.41, 5.74) is 2.17. The summed E-state index contributed by atoms with van der Waals surface area (Å²) in [6.45, 7) is 5.85. The number of halogens is 1. The van der Waals surface area contributed by atoms with E-state index in [9.17, 15) is 9.59 Å². The molecular formula is C20H22ClN5O4. The molecule has 2 heterocycles. The molecule has 0 radical (unpaired) electrons. The zero-order chi connectivity index (χ0) is 21.8. The maximum absolute atomic E-state index is 12.6. The van der Waals surface area contributed by atoms with Gasteiger partial charge in [0.15, 0.2) is 12.4 Å². The minimum Gasteiger partial charge on any atom is -0.471 e. The molecule has 0 aliphatic carbocycles. The van der Waals surface area contributed by atoms with E-state index < -0.39 is 11.9 Å². The van der Waals surface area contributed by atoms with E-state index in [1.807, 2.05) is 26.0 Å². The standard InChI is InChI=1S/C20H22ClN5O4/c1-5-29-20(28)15-10-22-25(4)18(15)23-19(27)16-6-7-26(24-16)11-30-14-8-12(2)17(21)13(3)9-14/h6-10H,5,11H2,1-4H3,(H,23,27). The summed E-state index contributed by atoms with van der Waals surface area (Å²) in [4.78, 5) is 24.6. The average Bonchev–Trinajstić information content (AvgIpc) is 3.32. The molecule has 1 amide bonds. The Morgan fingerprint density at radius 2 is 1.93 bits per heavy atom. The highest BCUT2D eigenvalue weighted by molar-refractivity contribution is 6.32. The minimum absolute atomic E-state index is 0.119. The third-order valence-electron chi connectivity index (χ3n) is 4.31. The van der Waals surface area contributed by atoms with E-state index in [-0.39, 0.29) is 30.4 Å². The molecule has 30 heavy (non-hydrogen) atoms. The minimum atomic E-state index is -0.562. The Hall–Kier alpha value is -3.33. The lowest BCUT2D eigenvalue weighted by molar-refractivity contribution is 0.0527. The third-order valence-corrected chi connectivity index (χ3v) is 4.91. The molecule has 1 aromatic carbocycles. The summed E-state index contributed by atoms with van der Waals surface area (Å²) in [7, 11) is 1.61. The molecular weight excluding hydrogens is 410 g/mol. The van der Waals surface area contributed by atoms with E-state index in [2.05, 4.69) is 15.5 Å². The first-order valence-electron chi connectivity index (χ1n) is 9.23. The van der Waals surface area contributed by atoms with Gasteiger partial charge in [0.2, 0.25) is 0 Å². The van der Waals surface area contributed by atoms with Crippen LogP contribution in [0.4, 0.5) is 5.82 Å². The number of aryl methyl sites for hydroxylation is 3. The highest BCUT2D eigenvalue weighted by Crippen LogP contribution is 2.26. The molecule has 0 bridgehead atoms. The van der Waals surface area contributed by atoms with Crippen molar-refractivity contribution in [3.05, 3.63) is 58.0 Å². The SMILES string of the molecule is CCOC(=O)c1cnn(C)c1NC(=O)c1ccn(COc2cc(C)c(Cl)c(C)c2)n1. The summed E-state index contributed by atoms with van der Waals surface area (Å²) in [5.74, 6) is -0.157. The number of rotatable bonds is 7. The Balaban J connectivity index is 1.67. The normalized spacial score (nSPS) is 10.7. The predicted molar refractivity (Wildman–Crippen MR) is 111 cm³/mol.